The first-order chi connectivity index (χ1) is 13.6. The van der Waals surface area contributed by atoms with Gasteiger partial charge in [-0.2, -0.15) is 0 Å². The second-order valence-corrected chi connectivity index (χ2v) is 6.59. The molecule has 4 N–H and O–H groups in total. The van der Waals surface area contributed by atoms with Gasteiger partial charge in [0.2, 0.25) is 0 Å². The van der Waals surface area contributed by atoms with Crippen molar-refractivity contribution in [3.05, 3.63) is 89.5 Å². The number of ketones is 1. The number of aromatic amines is 1. The highest BCUT2D eigenvalue weighted by Gasteiger charge is 2.12. The van der Waals surface area contributed by atoms with Crippen LogP contribution in [-0.4, -0.2) is 15.8 Å². The number of carbonyl (C=O) groups excluding carboxylic acids is 1. The van der Waals surface area contributed by atoms with E-state index in [-0.39, 0.29) is 24.6 Å². The molecule has 5 nitrogen and oxygen atoms in total. The highest BCUT2D eigenvalue weighted by Crippen LogP contribution is 2.19. The number of pyridine rings is 1. The summed E-state index contributed by atoms with van der Waals surface area (Å²) >= 11 is 0. The van der Waals surface area contributed by atoms with E-state index in [0.717, 1.165) is 16.5 Å². The van der Waals surface area contributed by atoms with Crippen molar-refractivity contribution in [2.75, 3.05) is 11.1 Å². The third-order valence-electron chi connectivity index (χ3n) is 4.61. The van der Waals surface area contributed by atoms with Gasteiger partial charge in [0, 0.05) is 35.6 Å². The van der Waals surface area contributed by atoms with E-state index in [2.05, 4.69) is 15.3 Å². The van der Waals surface area contributed by atoms with Crippen molar-refractivity contribution in [2.24, 2.45) is 0 Å². The molecule has 2 aromatic carbocycles. The second-order valence-electron chi connectivity index (χ2n) is 6.59. The number of nitrogen functional groups attached to an aromatic ring is 1. The van der Waals surface area contributed by atoms with Crippen molar-refractivity contribution in [3.8, 4) is 0 Å². The molecule has 0 saturated heterocycles. The lowest BCUT2D eigenvalue weighted by atomic mass is 10.0. The Balaban J connectivity index is 1.50. The van der Waals surface area contributed by atoms with Crippen LogP contribution in [0.15, 0.2) is 66.9 Å². The number of nitrogens with zero attached hydrogens (tertiary/aromatic N) is 1. The number of anilines is 2. The average molecular weight is 374 g/mol. The number of nitrogens with one attached hydrogen (secondary N) is 2. The summed E-state index contributed by atoms with van der Waals surface area (Å²) < 4.78 is 14.2. The van der Waals surface area contributed by atoms with Crippen LogP contribution < -0.4 is 11.1 Å². The number of nitrogens with two attached hydrogens (primary N) is 1. The van der Waals surface area contributed by atoms with Crippen LogP contribution in [0, 0.1) is 5.82 Å². The third-order valence-corrected chi connectivity index (χ3v) is 4.61. The molecule has 6 heteroatoms. The molecule has 0 bridgehead atoms. The lowest BCUT2D eigenvalue weighted by Crippen LogP contribution is -2.08. The minimum Gasteiger partial charge on any atom is -0.382 e. The van der Waals surface area contributed by atoms with Gasteiger partial charge in [0.25, 0.3) is 0 Å². The molecular formula is C22H19FN4O. The Morgan fingerprint density at radius 1 is 1.11 bits per heavy atom. The summed E-state index contributed by atoms with van der Waals surface area (Å²) in [5.74, 6) is -0.0250. The van der Waals surface area contributed by atoms with E-state index >= 15 is 0 Å². The maximum absolute atomic E-state index is 14.2. The molecule has 0 unspecified atom stereocenters. The number of para-hydroxylation sites is 1. The molecule has 0 fully saturated rings. The van der Waals surface area contributed by atoms with E-state index < -0.39 is 0 Å². The van der Waals surface area contributed by atoms with Crippen LogP contribution in [0.3, 0.4) is 0 Å². The monoisotopic (exact) mass is 374 g/mol. The standard InChI is InChI=1S/C22H19FN4O/c23-17-8-7-14(10-16(17)13-26-19-6-3-9-25-22(19)24)11-21(28)20-12-15-4-1-2-5-18(15)27-20/h1-10,12,26-27H,11,13H2,(H2,24,25). The van der Waals surface area contributed by atoms with Crippen LogP contribution >= 0.6 is 0 Å². The predicted molar refractivity (Wildman–Crippen MR) is 109 cm³/mol. The number of carbonyl (C=O) groups is 1. The number of aromatic nitrogens is 2. The fourth-order valence-electron chi connectivity index (χ4n) is 3.14. The number of fused-ring (bicyclic) bond motifs is 1. The molecule has 0 aliphatic heterocycles. The Bertz CT molecular complexity index is 1120. The number of hydrogen-bond donors (Lipinski definition) is 3. The van der Waals surface area contributed by atoms with Crippen molar-refractivity contribution in [1.29, 1.82) is 0 Å². The highest BCUT2D eigenvalue weighted by atomic mass is 19.1. The summed E-state index contributed by atoms with van der Waals surface area (Å²) in [5.41, 5.74) is 9.12. The van der Waals surface area contributed by atoms with Gasteiger partial charge in [-0.15, -0.1) is 0 Å². The summed E-state index contributed by atoms with van der Waals surface area (Å²) in [6.45, 7) is 0.246. The van der Waals surface area contributed by atoms with E-state index in [1.165, 1.54) is 6.07 Å². The van der Waals surface area contributed by atoms with Crippen LogP contribution in [0.2, 0.25) is 0 Å². The Labute approximate surface area is 161 Å². The number of rotatable bonds is 6. The number of hydrogen-bond acceptors (Lipinski definition) is 4. The minimum absolute atomic E-state index is 0.0433. The fourth-order valence-corrected chi connectivity index (χ4v) is 3.14. The zero-order valence-corrected chi connectivity index (χ0v) is 15.1. The minimum atomic E-state index is -0.336. The summed E-state index contributed by atoms with van der Waals surface area (Å²) in [6.07, 6.45) is 1.78. The molecule has 4 aromatic rings. The molecule has 0 aliphatic carbocycles. The van der Waals surface area contributed by atoms with Gasteiger partial charge in [-0.05, 0) is 35.9 Å². The molecule has 0 atom stereocenters. The molecule has 28 heavy (non-hydrogen) atoms. The summed E-state index contributed by atoms with van der Waals surface area (Å²) in [7, 11) is 0. The van der Waals surface area contributed by atoms with Crippen molar-refractivity contribution in [3.63, 3.8) is 0 Å². The lowest BCUT2D eigenvalue weighted by molar-refractivity contribution is 0.0989. The van der Waals surface area contributed by atoms with Crippen molar-refractivity contribution in [2.45, 2.75) is 13.0 Å². The SMILES string of the molecule is Nc1ncccc1NCc1cc(CC(=O)c2cc3ccccc3[nH]2)ccc1F. The van der Waals surface area contributed by atoms with E-state index in [9.17, 15) is 9.18 Å². The Kier molecular flexibility index (Phi) is 4.76. The molecule has 0 aliphatic rings. The number of halogens is 1. The first kappa shape index (κ1) is 17.7. The van der Waals surface area contributed by atoms with Crippen LogP contribution in [0.4, 0.5) is 15.9 Å². The average Bonchev–Trinajstić information content (AvgIpc) is 3.14. The van der Waals surface area contributed by atoms with E-state index in [4.69, 9.17) is 5.73 Å². The second kappa shape index (κ2) is 7.52. The third kappa shape index (κ3) is 3.71. The Hall–Kier alpha value is -3.67. The largest absolute Gasteiger partial charge is 0.382 e. The van der Waals surface area contributed by atoms with Gasteiger partial charge in [-0.25, -0.2) is 9.37 Å². The lowest BCUT2D eigenvalue weighted by Gasteiger charge is -2.10. The maximum Gasteiger partial charge on any atom is 0.183 e. The topological polar surface area (TPSA) is 83.8 Å². The molecule has 2 heterocycles. The molecule has 4 rings (SSSR count). The first-order valence-corrected chi connectivity index (χ1v) is 8.93. The molecule has 0 saturated carbocycles. The van der Waals surface area contributed by atoms with Gasteiger partial charge < -0.3 is 16.0 Å². The summed E-state index contributed by atoms with van der Waals surface area (Å²) in [6, 6.07) is 17.8. The highest BCUT2D eigenvalue weighted by molar-refractivity contribution is 6.00. The van der Waals surface area contributed by atoms with Gasteiger partial charge >= 0.3 is 0 Å². The van der Waals surface area contributed by atoms with Crippen LogP contribution in [0.1, 0.15) is 21.6 Å². The molecule has 2 aromatic heterocycles. The Morgan fingerprint density at radius 3 is 2.79 bits per heavy atom. The Morgan fingerprint density at radius 2 is 1.96 bits per heavy atom. The molecule has 0 radical (unpaired) electrons. The van der Waals surface area contributed by atoms with E-state index in [0.29, 0.717) is 22.8 Å². The van der Waals surface area contributed by atoms with Crippen molar-refractivity contribution in [1.82, 2.24) is 9.97 Å². The van der Waals surface area contributed by atoms with Gasteiger partial charge in [0.05, 0.1) is 11.4 Å². The normalized spacial score (nSPS) is 10.9. The van der Waals surface area contributed by atoms with Crippen LogP contribution in [0.25, 0.3) is 10.9 Å². The maximum atomic E-state index is 14.2. The van der Waals surface area contributed by atoms with Crippen molar-refractivity contribution >= 4 is 28.2 Å². The zero-order valence-electron chi connectivity index (χ0n) is 15.1. The van der Waals surface area contributed by atoms with E-state index in [1.807, 2.05) is 30.3 Å². The molecule has 0 amide bonds. The quantitative estimate of drug-likeness (QED) is 0.439. The summed E-state index contributed by atoms with van der Waals surface area (Å²) in [5, 5.41) is 4.07. The van der Waals surface area contributed by atoms with E-state index in [1.54, 1.807) is 30.5 Å². The predicted octanol–water partition coefficient (Wildman–Crippen LogP) is 4.32. The molecule has 0 spiro atoms. The van der Waals surface area contributed by atoms with Gasteiger partial charge in [0.1, 0.15) is 11.6 Å². The first-order valence-electron chi connectivity index (χ1n) is 8.93. The van der Waals surface area contributed by atoms with Gasteiger partial charge in [0.15, 0.2) is 5.78 Å². The van der Waals surface area contributed by atoms with Gasteiger partial charge in [-0.1, -0.05) is 30.3 Å². The zero-order chi connectivity index (χ0) is 19.5. The van der Waals surface area contributed by atoms with Crippen molar-refractivity contribution < 1.29 is 9.18 Å². The van der Waals surface area contributed by atoms with Gasteiger partial charge in [-0.3, -0.25) is 4.79 Å². The number of H-pyrrole nitrogens is 1. The molecule has 140 valence electrons. The number of benzene rings is 2. The molecular weight excluding hydrogens is 355 g/mol. The van der Waals surface area contributed by atoms with Crippen LogP contribution in [-0.2, 0) is 13.0 Å². The van der Waals surface area contributed by atoms with Crippen LogP contribution in [0.5, 0.6) is 0 Å². The number of Topliss-reactive ketones (excluding diaryl/α,β-unsaturated/α-hetero) is 1. The fraction of sp³-hybridized carbons (Fsp3) is 0.0909. The smallest absolute Gasteiger partial charge is 0.183 e. The summed E-state index contributed by atoms with van der Waals surface area (Å²) in [4.78, 5) is 19.8.